The van der Waals surface area contributed by atoms with Crippen molar-refractivity contribution >= 4 is 16.6 Å². The molecule has 30 heavy (non-hydrogen) atoms. The summed E-state index contributed by atoms with van der Waals surface area (Å²) in [6, 6.07) is 12.8. The number of nitriles is 1. The molecule has 2 aromatic carbocycles. The van der Waals surface area contributed by atoms with Crippen LogP contribution in [-0.2, 0) is 6.42 Å². The van der Waals surface area contributed by atoms with E-state index in [0.29, 0.717) is 18.4 Å². The first-order valence-electron chi connectivity index (χ1n) is 11.4. The van der Waals surface area contributed by atoms with Crippen LogP contribution in [-0.4, -0.2) is 36.9 Å². The number of piperidine rings is 1. The SMILES string of the molecule is CCC[C@@H]1CCN(C2CCC2)C[C@H]1C(=O)c1ccc2c(CC#N)c(OC)ccc2c1. The van der Waals surface area contributed by atoms with Crippen molar-refractivity contribution in [3.05, 3.63) is 41.5 Å². The zero-order valence-electron chi connectivity index (χ0n) is 18.2. The van der Waals surface area contributed by atoms with E-state index in [-0.39, 0.29) is 11.7 Å². The molecule has 0 N–H and O–H groups in total. The molecule has 1 saturated heterocycles. The highest BCUT2D eigenvalue weighted by molar-refractivity contribution is 6.02. The van der Waals surface area contributed by atoms with E-state index >= 15 is 0 Å². The van der Waals surface area contributed by atoms with Crippen molar-refractivity contribution in [1.29, 1.82) is 5.26 Å². The zero-order valence-corrected chi connectivity index (χ0v) is 18.2. The summed E-state index contributed by atoms with van der Waals surface area (Å²) in [7, 11) is 1.63. The molecule has 2 aromatic rings. The number of benzene rings is 2. The minimum Gasteiger partial charge on any atom is -0.496 e. The molecule has 1 aliphatic heterocycles. The fourth-order valence-electron chi connectivity index (χ4n) is 5.32. The molecule has 4 heteroatoms. The average molecular weight is 405 g/mol. The van der Waals surface area contributed by atoms with E-state index < -0.39 is 0 Å². The number of likely N-dealkylation sites (tertiary alicyclic amines) is 1. The number of hydrogen-bond donors (Lipinski definition) is 0. The number of rotatable bonds is 7. The third kappa shape index (κ3) is 3.96. The van der Waals surface area contributed by atoms with Crippen molar-refractivity contribution in [2.24, 2.45) is 11.8 Å². The number of hydrogen-bond acceptors (Lipinski definition) is 4. The normalized spacial score (nSPS) is 22.4. The predicted octanol–water partition coefficient (Wildman–Crippen LogP) is 5.39. The number of fused-ring (bicyclic) bond motifs is 1. The molecule has 1 aliphatic carbocycles. The van der Waals surface area contributed by atoms with Crippen molar-refractivity contribution in [1.82, 2.24) is 4.90 Å². The van der Waals surface area contributed by atoms with Crippen molar-refractivity contribution in [2.75, 3.05) is 20.2 Å². The van der Waals surface area contributed by atoms with Crippen LogP contribution in [0.15, 0.2) is 30.3 Å². The maximum Gasteiger partial charge on any atom is 0.167 e. The van der Waals surface area contributed by atoms with Crippen LogP contribution in [0.2, 0.25) is 0 Å². The Hall–Kier alpha value is -2.38. The molecular weight excluding hydrogens is 372 g/mol. The van der Waals surface area contributed by atoms with E-state index in [9.17, 15) is 10.1 Å². The molecule has 2 aliphatic rings. The number of methoxy groups -OCH3 is 1. The summed E-state index contributed by atoms with van der Waals surface area (Å²) in [5, 5.41) is 11.2. The van der Waals surface area contributed by atoms with Gasteiger partial charge in [-0.3, -0.25) is 9.69 Å². The molecule has 4 rings (SSSR count). The van der Waals surface area contributed by atoms with Gasteiger partial charge < -0.3 is 4.74 Å². The van der Waals surface area contributed by atoms with Crippen LogP contribution in [0.5, 0.6) is 5.75 Å². The number of ketones is 1. The highest BCUT2D eigenvalue weighted by Crippen LogP contribution is 2.36. The molecule has 1 heterocycles. The molecular formula is C26H32N2O2. The number of carbonyl (C=O) groups excluding carboxylic acids is 1. The van der Waals surface area contributed by atoms with Crippen molar-refractivity contribution in [3.63, 3.8) is 0 Å². The summed E-state index contributed by atoms with van der Waals surface area (Å²) in [5.74, 6) is 1.60. The fraction of sp³-hybridized carbons (Fsp3) is 0.538. The van der Waals surface area contributed by atoms with Gasteiger partial charge in [-0.1, -0.05) is 38.0 Å². The number of ether oxygens (including phenoxy) is 1. The van der Waals surface area contributed by atoms with Crippen molar-refractivity contribution in [3.8, 4) is 11.8 Å². The summed E-state index contributed by atoms with van der Waals surface area (Å²) >= 11 is 0. The monoisotopic (exact) mass is 404 g/mol. The van der Waals surface area contributed by atoms with E-state index in [1.54, 1.807) is 7.11 Å². The summed E-state index contributed by atoms with van der Waals surface area (Å²) in [6.07, 6.45) is 7.61. The van der Waals surface area contributed by atoms with E-state index in [4.69, 9.17) is 4.74 Å². The first kappa shape index (κ1) is 20.9. The molecule has 0 bridgehead atoms. The van der Waals surface area contributed by atoms with Crippen LogP contribution in [0.1, 0.15) is 61.4 Å². The van der Waals surface area contributed by atoms with Gasteiger partial charge in [-0.15, -0.1) is 0 Å². The van der Waals surface area contributed by atoms with Crippen LogP contribution in [0, 0.1) is 23.2 Å². The summed E-state index contributed by atoms with van der Waals surface area (Å²) in [4.78, 5) is 16.2. The topological polar surface area (TPSA) is 53.3 Å². The van der Waals surface area contributed by atoms with Gasteiger partial charge in [0, 0.05) is 29.6 Å². The highest BCUT2D eigenvalue weighted by Gasteiger charge is 2.37. The van der Waals surface area contributed by atoms with E-state index in [1.165, 1.54) is 19.3 Å². The van der Waals surface area contributed by atoms with Gasteiger partial charge >= 0.3 is 0 Å². The smallest absolute Gasteiger partial charge is 0.167 e. The van der Waals surface area contributed by atoms with Crippen LogP contribution in [0.25, 0.3) is 10.8 Å². The third-order valence-electron chi connectivity index (χ3n) is 7.22. The average Bonchev–Trinajstić information content (AvgIpc) is 2.73. The lowest BCUT2D eigenvalue weighted by atomic mass is 9.76. The summed E-state index contributed by atoms with van der Waals surface area (Å²) in [5.41, 5.74) is 1.70. The lowest BCUT2D eigenvalue weighted by Crippen LogP contribution is -2.50. The van der Waals surface area contributed by atoms with Gasteiger partial charge in [-0.25, -0.2) is 0 Å². The van der Waals surface area contributed by atoms with Crippen LogP contribution in [0.4, 0.5) is 0 Å². The Morgan fingerprint density at radius 1 is 1.23 bits per heavy atom. The van der Waals surface area contributed by atoms with Crippen LogP contribution < -0.4 is 4.74 Å². The fourth-order valence-corrected chi connectivity index (χ4v) is 5.32. The minimum atomic E-state index is 0.0913. The Morgan fingerprint density at radius 3 is 2.73 bits per heavy atom. The number of nitrogens with zero attached hydrogens (tertiary/aromatic N) is 2. The van der Waals surface area contributed by atoms with Crippen LogP contribution in [0.3, 0.4) is 0 Å². The molecule has 1 saturated carbocycles. The Kier molecular flexibility index (Phi) is 6.39. The molecule has 0 radical (unpaired) electrons. The second-order valence-corrected chi connectivity index (χ2v) is 8.91. The Balaban J connectivity index is 1.63. The lowest BCUT2D eigenvalue weighted by Gasteiger charge is -2.45. The van der Waals surface area contributed by atoms with Gasteiger partial charge in [0.25, 0.3) is 0 Å². The van der Waals surface area contributed by atoms with Gasteiger partial charge in [0.05, 0.1) is 19.6 Å². The van der Waals surface area contributed by atoms with Gasteiger partial charge in [0.15, 0.2) is 5.78 Å². The van der Waals surface area contributed by atoms with Gasteiger partial charge in [0.1, 0.15) is 5.75 Å². The van der Waals surface area contributed by atoms with Gasteiger partial charge in [0.2, 0.25) is 0 Å². The Bertz CT molecular complexity index is 957. The maximum atomic E-state index is 13.6. The third-order valence-corrected chi connectivity index (χ3v) is 7.22. The largest absolute Gasteiger partial charge is 0.496 e. The molecule has 2 atom stereocenters. The molecule has 4 nitrogen and oxygen atoms in total. The predicted molar refractivity (Wildman–Crippen MR) is 120 cm³/mol. The Morgan fingerprint density at radius 2 is 2.07 bits per heavy atom. The molecule has 0 unspecified atom stereocenters. The van der Waals surface area contributed by atoms with Crippen LogP contribution >= 0.6 is 0 Å². The number of carbonyl (C=O) groups is 1. The quantitative estimate of drug-likeness (QED) is 0.581. The minimum absolute atomic E-state index is 0.0913. The molecule has 0 aromatic heterocycles. The highest BCUT2D eigenvalue weighted by atomic mass is 16.5. The first-order chi connectivity index (χ1) is 14.7. The van der Waals surface area contributed by atoms with E-state index in [2.05, 4.69) is 17.9 Å². The number of Topliss-reactive ketones (excluding diaryl/α,β-unsaturated/α-hetero) is 1. The molecule has 2 fully saturated rings. The van der Waals surface area contributed by atoms with E-state index in [0.717, 1.165) is 60.0 Å². The Labute approximate surface area is 179 Å². The van der Waals surface area contributed by atoms with Crippen molar-refractivity contribution < 1.29 is 9.53 Å². The standard InChI is InChI=1S/C26H32N2O2/c1-3-5-18-13-15-28(21-6-4-7-21)17-24(18)26(29)20-8-10-22-19(16-20)9-11-25(30-2)23(22)12-14-27/h8-11,16,18,21,24H,3-7,12-13,15,17H2,1-2H3/t18-,24-/m1/s1. The summed E-state index contributed by atoms with van der Waals surface area (Å²) < 4.78 is 5.45. The van der Waals surface area contributed by atoms with Crippen molar-refractivity contribution in [2.45, 2.75) is 57.9 Å². The zero-order chi connectivity index (χ0) is 21.1. The second kappa shape index (κ2) is 9.18. The van der Waals surface area contributed by atoms with Gasteiger partial charge in [-0.2, -0.15) is 5.26 Å². The lowest BCUT2D eigenvalue weighted by molar-refractivity contribution is 0.0390. The molecule has 0 amide bonds. The van der Waals surface area contributed by atoms with Gasteiger partial charge in [-0.05, 0) is 61.1 Å². The first-order valence-corrected chi connectivity index (χ1v) is 11.4. The maximum absolute atomic E-state index is 13.6. The summed E-state index contributed by atoms with van der Waals surface area (Å²) in [6.45, 7) is 4.28. The molecule has 158 valence electrons. The molecule has 0 spiro atoms. The van der Waals surface area contributed by atoms with E-state index in [1.807, 2.05) is 30.3 Å². The second-order valence-electron chi connectivity index (χ2n) is 8.91.